The molecule has 0 spiro atoms. The Bertz CT molecular complexity index is 778. The molecule has 0 fully saturated rings. The van der Waals surface area contributed by atoms with E-state index >= 15 is 0 Å². The van der Waals surface area contributed by atoms with Gasteiger partial charge in [0.2, 0.25) is 0 Å². The lowest BCUT2D eigenvalue weighted by Crippen LogP contribution is -2.32. The second-order valence-corrected chi connectivity index (χ2v) is 7.15. The molecule has 1 aromatic heterocycles. The number of hydrogen-bond acceptors (Lipinski definition) is 6. The van der Waals surface area contributed by atoms with Gasteiger partial charge in [-0.25, -0.2) is 22.7 Å². The first-order valence-corrected chi connectivity index (χ1v) is 8.59. The van der Waals surface area contributed by atoms with Crippen molar-refractivity contribution in [1.82, 2.24) is 14.3 Å². The van der Waals surface area contributed by atoms with Crippen molar-refractivity contribution in [1.29, 1.82) is 0 Å². The molecule has 0 atom stereocenters. The van der Waals surface area contributed by atoms with E-state index in [-0.39, 0.29) is 17.0 Å². The number of carbonyl (C=O) groups is 1. The highest BCUT2D eigenvalue weighted by molar-refractivity contribution is 7.99. The van der Waals surface area contributed by atoms with Gasteiger partial charge in [0.1, 0.15) is 4.90 Å². The summed E-state index contributed by atoms with van der Waals surface area (Å²) in [6.07, 6.45) is 3.23. The Labute approximate surface area is 126 Å². The Morgan fingerprint density at radius 2 is 1.81 bits per heavy atom. The molecule has 0 saturated carbocycles. The highest BCUT2D eigenvalue weighted by atomic mass is 32.2. The minimum absolute atomic E-state index is 0.0796. The molecule has 1 aromatic carbocycles. The average Bonchev–Trinajstić information content (AvgIpc) is 2.70. The highest BCUT2D eigenvalue weighted by Crippen LogP contribution is 2.30. The maximum absolute atomic E-state index is 12.3. The van der Waals surface area contributed by atoms with E-state index in [1.165, 1.54) is 23.9 Å². The van der Waals surface area contributed by atoms with Gasteiger partial charge in [-0.05, 0) is 18.2 Å². The van der Waals surface area contributed by atoms with Gasteiger partial charge in [-0.3, -0.25) is 4.79 Å². The number of benzene rings is 1. The Balaban J connectivity index is 1.74. The van der Waals surface area contributed by atoms with Gasteiger partial charge in [-0.1, -0.05) is 23.9 Å². The normalized spacial score (nSPS) is 16.0. The van der Waals surface area contributed by atoms with E-state index in [4.69, 9.17) is 0 Å². The molecule has 0 bridgehead atoms. The van der Waals surface area contributed by atoms with Crippen LogP contribution in [0.4, 0.5) is 0 Å². The molecule has 0 saturated heterocycles. The van der Waals surface area contributed by atoms with Crippen LogP contribution >= 0.6 is 11.8 Å². The van der Waals surface area contributed by atoms with Crippen molar-refractivity contribution in [3.63, 3.8) is 0 Å². The summed E-state index contributed by atoms with van der Waals surface area (Å²) in [7, 11) is -3.72. The average molecular weight is 321 g/mol. The standard InChI is InChI=1S/C13H11N3O3S2/c17-12-10-4-1-2-5-11(10)21(18,19)16(12)8-9-20-13-14-6-3-7-15-13/h1-7H,8-9H2. The zero-order valence-corrected chi connectivity index (χ0v) is 12.5. The van der Waals surface area contributed by atoms with Crippen LogP contribution in [0.3, 0.4) is 0 Å². The van der Waals surface area contributed by atoms with Gasteiger partial charge in [0.25, 0.3) is 15.9 Å². The smallest absolute Gasteiger partial charge is 0.268 e. The summed E-state index contributed by atoms with van der Waals surface area (Å²) < 4.78 is 25.5. The second kappa shape index (κ2) is 5.45. The highest BCUT2D eigenvalue weighted by Gasteiger charge is 2.40. The number of fused-ring (bicyclic) bond motifs is 1. The lowest BCUT2D eigenvalue weighted by atomic mass is 10.2. The minimum Gasteiger partial charge on any atom is -0.268 e. The summed E-state index contributed by atoms with van der Waals surface area (Å²) in [5.74, 6) is -0.0663. The summed E-state index contributed by atoms with van der Waals surface area (Å²) >= 11 is 1.31. The van der Waals surface area contributed by atoms with Crippen LogP contribution in [-0.2, 0) is 10.0 Å². The maximum Gasteiger partial charge on any atom is 0.269 e. The molecule has 21 heavy (non-hydrogen) atoms. The van der Waals surface area contributed by atoms with Crippen LogP contribution in [0, 0.1) is 0 Å². The van der Waals surface area contributed by atoms with E-state index in [9.17, 15) is 13.2 Å². The van der Waals surface area contributed by atoms with Crippen LogP contribution in [0.1, 0.15) is 10.4 Å². The van der Waals surface area contributed by atoms with Crippen molar-refractivity contribution in [2.75, 3.05) is 12.3 Å². The first kappa shape index (κ1) is 14.0. The maximum atomic E-state index is 12.3. The first-order chi connectivity index (χ1) is 10.1. The van der Waals surface area contributed by atoms with Crippen LogP contribution in [0.5, 0.6) is 0 Å². The third-order valence-electron chi connectivity index (χ3n) is 2.98. The van der Waals surface area contributed by atoms with E-state index in [1.54, 1.807) is 30.6 Å². The Hall–Kier alpha value is -1.93. The predicted molar refractivity (Wildman–Crippen MR) is 77.4 cm³/mol. The number of aromatic nitrogens is 2. The SMILES string of the molecule is O=C1c2ccccc2S(=O)(=O)N1CCSc1ncccn1. The summed E-state index contributed by atoms with van der Waals surface area (Å²) in [6.45, 7) is 0.0960. The summed E-state index contributed by atoms with van der Waals surface area (Å²) in [5.41, 5.74) is 0.235. The van der Waals surface area contributed by atoms with Crippen molar-refractivity contribution in [3.05, 3.63) is 48.3 Å². The number of sulfonamides is 1. The van der Waals surface area contributed by atoms with Crippen molar-refractivity contribution in [3.8, 4) is 0 Å². The number of carbonyl (C=O) groups excluding carboxylic acids is 1. The lowest BCUT2D eigenvalue weighted by molar-refractivity contribution is 0.0876. The van der Waals surface area contributed by atoms with Crippen LogP contribution in [0.15, 0.2) is 52.8 Å². The molecule has 1 aliphatic heterocycles. The van der Waals surface area contributed by atoms with Crippen LogP contribution in [0.25, 0.3) is 0 Å². The van der Waals surface area contributed by atoms with Crippen molar-refractivity contribution in [2.45, 2.75) is 10.1 Å². The van der Waals surface area contributed by atoms with E-state index in [0.717, 1.165) is 4.31 Å². The second-order valence-electron chi connectivity index (χ2n) is 4.26. The fraction of sp³-hybridized carbons (Fsp3) is 0.154. The third-order valence-corrected chi connectivity index (χ3v) is 5.68. The fourth-order valence-electron chi connectivity index (χ4n) is 2.03. The van der Waals surface area contributed by atoms with E-state index in [1.807, 2.05) is 0 Å². The Kier molecular flexibility index (Phi) is 3.64. The molecule has 3 rings (SSSR count). The van der Waals surface area contributed by atoms with Gasteiger partial charge in [0, 0.05) is 24.7 Å². The molecule has 0 aliphatic carbocycles. The van der Waals surface area contributed by atoms with Gasteiger partial charge in [0.15, 0.2) is 5.16 Å². The molecule has 2 aromatic rings. The van der Waals surface area contributed by atoms with Crippen LogP contribution in [0.2, 0.25) is 0 Å². The topological polar surface area (TPSA) is 80.2 Å². The molecule has 0 unspecified atom stereocenters. The summed E-state index contributed by atoms with van der Waals surface area (Å²) in [5, 5.41) is 0.555. The zero-order chi connectivity index (χ0) is 14.9. The molecule has 2 heterocycles. The van der Waals surface area contributed by atoms with Crippen LogP contribution < -0.4 is 0 Å². The minimum atomic E-state index is -3.72. The molecule has 1 aliphatic rings. The Morgan fingerprint density at radius 3 is 2.52 bits per heavy atom. The summed E-state index contributed by atoms with van der Waals surface area (Å²) in [4.78, 5) is 20.3. The van der Waals surface area contributed by atoms with Crippen molar-refractivity contribution >= 4 is 27.7 Å². The van der Waals surface area contributed by atoms with Gasteiger partial charge in [-0.15, -0.1) is 0 Å². The van der Waals surface area contributed by atoms with Gasteiger partial charge in [0.05, 0.1) is 5.56 Å². The zero-order valence-electron chi connectivity index (χ0n) is 10.8. The molecule has 8 heteroatoms. The first-order valence-electron chi connectivity index (χ1n) is 6.16. The number of nitrogens with zero attached hydrogens (tertiary/aromatic N) is 3. The molecule has 0 radical (unpaired) electrons. The Morgan fingerprint density at radius 1 is 1.10 bits per heavy atom. The largest absolute Gasteiger partial charge is 0.269 e. The monoisotopic (exact) mass is 321 g/mol. The molecule has 0 N–H and O–H groups in total. The van der Waals surface area contributed by atoms with Gasteiger partial charge < -0.3 is 0 Å². The van der Waals surface area contributed by atoms with E-state index in [0.29, 0.717) is 10.9 Å². The third kappa shape index (κ3) is 2.52. The van der Waals surface area contributed by atoms with Crippen LogP contribution in [-0.4, -0.2) is 40.9 Å². The lowest BCUT2D eigenvalue weighted by Gasteiger charge is -2.14. The number of thioether (sulfide) groups is 1. The quantitative estimate of drug-likeness (QED) is 0.626. The van der Waals surface area contributed by atoms with Gasteiger partial charge >= 0.3 is 0 Å². The molecule has 6 nitrogen and oxygen atoms in total. The molecule has 108 valence electrons. The number of amides is 1. The number of rotatable bonds is 4. The predicted octanol–water partition coefficient (Wildman–Crippen LogP) is 1.41. The fourth-order valence-corrected chi connectivity index (χ4v) is 4.44. The van der Waals surface area contributed by atoms with Crippen molar-refractivity contribution < 1.29 is 13.2 Å². The van der Waals surface area contributed by atoms with E-state index in [2.05, 4.69) is 9.97 Å². The summed E-state index contributed by atoms with van der Waals surface area (Å²) in [6, 6.07) is 7.95. The molecular formula is C13H11N3O3S2. The van der Waals surface area contributed by atoms with E-state index < -0.39 is 15.9 Å². The molecular weight excluding hydrogens is 310 g/mol. The van der Waals surface area contributed by atoms with Gasteiger partial charge in [-0.2, -0.15) is 0 Å². The number of hydrogen-bond donors (Lipinski definition) is 0. The molecule has 1 amide bonds. The van der Waals surface area contributed by atoms with Crippen molar-refractivity contribution in [2.24, 2.45) is 0 Å².